The van der Waals surface area contributed by atoms with Crippen molar-refractivity contribution >= 4 is 17.7 Å². The lowest BCUT2D eigenvalue weighted by atomic mass is 9.69. The Morgan fingerprint density at radius 1 is 1.16 bits per heavy atom. The molecule has 3 rings (SSSR count). The molecular formula is C24H29NO6. The van der Waals surface area contributed by atoms with E-state index in [2.05, 4.69) is 5.32 Å². The number of ether oxygens (including phenoxy) is 3. The highest BCUT2D eigenvalue weighted by Gasteiger charge is 2.47. The maximum atomic E-state index is 13.6. The van der Waals surface area contributed by atoms with Gasteiger partial charge in [0.15, 0.2) is 5.78 Å². The topological polar surface area (TPSA) is 90.9 Å². The van der Waals surface area contributed by atoms with E-state index in [0.717, 1.165) is 5.70 Å². The largest absolute Gasteiger partial charge is 0.494 e. The third-order valence-corrected chi connectivity index (χ3v) is 5.77. The van der Waals surface area contributed by atoms with Crippen LogP contribution in [-0.2, 0) is 23.9 Å². The predicted molar refractivity (Wildman–Crippen MR) is 114 cm³/mol. The molecule has 3 atom stereocenters. The third-order valence-electron chi connectivity index (χ3n) is 5.77. The Bertz CT molecular complexity index is 961. The Labute approximate surface area is 182 Å². The third kappa shape index (κ3) is 4.09. The quantitative estimate of drug-likeness (QED) is 0.550. The van der Waals surface area contributed by atoms with Gasteiger partial charge in [-0.25, -0.2) is 4.79 Å². The van der Waals surface area contributed by atoms with Crippen LogP contribution in [0.5, 0.6) is 5.75 Å². The molecule has 1 heterocycles. The first-order chi connectivity index (χ1) is 14.8. The molecule has 31 heavy (non-hydrogen) atoms. The van der Waals surface area contributed by atoms with Gasteiger partial charge in [0.2, 0.25) is 0 Å². The van der Waals surface area contributed by atoms with Gasteiger partial charge in [0.1, 0.15) is 11.7 Å². The zero-order valence-corrected chi connectivity index (χ0v) is 18.6. The molecule has 0 fully saturated rings. The van der Waals surface area contributed by atoms with E-state index < -0.39 is 23.8 Å². The first-order valence-corrected chi connectivity index (χ1v) is 10.6. The molecule has 1 aromatic rings. The summed E-state index contributed by atoms with van der Waals surface area (Å²) in [6.07, 6.45) is 0.488. The van der Waals surface area contributed by atoms with Crippen molar-refractivity contribution in [3.8, 4) is 5.75 Å². The zero-order chi connectivity index (χ0) is 22.7. The number of methoxy groups -OCH3 is 1. The zero-order valence-electron chi connectivity index (χ0n) is 18.6. The van der Waals surface area contributed by atoms with Gasteiger partial charge in [-0.3, -0.25) is 9.59 Å². The maximum Gasteiger partial charge on any atom is 0.336 e. The predicted octanol–water partition coefficient (Wildman–Crippen LogP) is 3.26. The summed E-state index contributed by atoms with van der Waals surface area (Å²) < 4.78 is 16.1. The first-order valence-electron chi connectivity index (χ1n) is 10.6. The SMILES string of the molecule is CCOC(=O)C1=C(C)NC2=C(C(=O)[C@H](C(=O)OC)[C@@H](C)C2)[C@@H]1c1ccccc1OCC. The van der Waals surface area contributed by atoms with Crippen LogP contribution in [0.15, 0.2) is 46.8 Å². The van der Waals surface area contributed by atoms with Crippen LogP contribution in [0.1, 0.15) is 45.6 Å². The van der Waals surface area contributed by atoms with Crippen molar-refractivity contribution in [3.05, 3.63) is 52.4 Å². The second kappa shape index (κ2) is 9.37. The first kappa shape index (κ1) is 22.6. The van der Waals surface area contributed by atoms with Crippen LogP contribution in [0.2, 0.25) is 0 Å². The Kier molecular flexibility index (Phi) is 6.83. The van der Waals surface area contributed by atoms with E-state index in [4.69, 9.17) is 14.2 Å². The number of benzene rings is 1. The summed E-state index contributed by atoms with van der Waals surface area (Å²) in [5.41, 5.74) is 2.78. The highest BCUT2D eigenvalue weighted by molar-refractivity contribution is 6.12. The smallest absolute Gasteiger partial charge is 0.336 e. The fraction of sp³-hybridized carbons (Fsp3) is 0.458. The highest BCUT2D eigenvalue weighted by atomic mass is 16.5. The number of nitrogens with one attached hydrogen (secondary N) is 1. The molecule has 2 aliphatic rings. The van der Waals surface area contributed by atoms with Crippen molar-refractivity contribution in [2.24, 2.45) is 11.8 Å². The number of carbonyl (C=O) groups excluding carboxylic acids is 3. The summed E-state index contributed by atoms with van der Waals surface area (Å²) in [4.78, 5) is 39.1. The van der Waals surface area contributed by atoms with Gasteiger partial charge in [-0.15, -0.1) is 0 Å². The fourth-order valence-electron chi connectivity index (χ4n) is 4.48. The number of allylic oxidation sites excluding steroid dienone is 3. The normalized spacial score (nSPS) is 23.1. The molecule has 166 valence electrons. The number of dihydropyridines is 1. The second-order valence-electron chi connectivity index (χ2n) is 7.73. The minimum absolute atomic E-state index is 0.205. The Balaban J connectivity index is 2.23. The molecule has 0 saturated carbocycles. The van der Waals surface area contributed by atoms with Crippen LogP contribution in [0.4, 0.5) is 0 Å². The van der Waals surface area contributed by atoms with E-state index in [0.29, 0.717) is 41.2 Å². The van der Waals surface area contributed by atoms with Crippen molar-refractivity contribution in [1.82, 2.24) is 5.32 Å². The highest BCUT2D eigenvalue weighted by Crippen LogP contribution is 2.47. The van der Waals surface area contributed by atoms with E-state index in [1.54, 1.807) is 13.8 Å². The van der Waals surface area contributed by atoms with Crippen LogP contribution in [-0.4, -0.2) is 38.0 Å². The number of Topliss-reactive ketones (excluding diaryl/α,β-unsaturated/α-hetero) is 1. The molecule has 0 amide bonds. The van der Waals surface area contributed by atoms with Gasteiger partial charge in [0, 0.05) is 22.5 Å². The summed E-state index contributed by atoms with van der Waals surface area (Å²) in [6, 6.07) is 7.34. The van der Waals surface area contributed by atoms with Crippen molar-refractivity contribution < 1.29 is 28.6 Å². The van der Waals surface area contributed by atoms with Crippen molar-refractivity contribution in [1.29, 1.82) is 0 Å². The molecule has 1 aliphatic heterocycles. The minimum Gasteiger partial charge on any atom is -0.494 e. The van der Waals surface area contributed by atoms with Crippen LogP contribution >= 0.6 is 0 Å². The van der Waals surface area contributed by atoms with Crippen molar-refractivity contribution in [2.75, 3.05) is 20.3 Å². The Hall–Kier alpha value is -3.09. The van der Waals surface area contributed by atoms with Crippen LogP contribution in [0.3, 0.4) is 0 Å². The van der Waals surface area contributed by atoms with Gasteiger partial charge in [-0.2, -0.15) is 0 Å². The lowest BCUT2D eigenvalue weighted by Gasteiger charge is -2.38. The second-order valence-corrected chi connectivity index (χ2v) is 7.73. The molecular weight excluding hydrogens is 398 g/mol. The van der Waals surface area contributed by atoms with Gasteiger partial charge in [-0.05, 0) is 39.2 Å². The number of carbonyl (C=O) groups is 3. The lowest BCUT2D eigenvalue weighted by Crippen LogP contribution is -2.43. The molecule has 1 aliphatic carbocycles. The summed E-state index contributed by atoms with van der Waals surface area (Å²) in [5.74, 6) is -2.68. The van der Waals surface area contributed by atoms with Gasteiger partial charge in [0.05, 0.1) is 31.8 Å². The molecule has 7 heteroatoms. The summed E-state index contributed by atoms with van der Waals surface area (Å²) in [6.45, 7) is 7.90. The molecule has 1 N–H and O–H groups in total. The molecule has 0 bridgehead atoms. The summed E-state index contributed by atoms with van der Waals surface area (Å²) >= 11 is 0. The Morgan fingerprint density at radius 2 is 1.87 bits per heavy atom. The van der Waals surface area contributed by atoms with Gasteiger partial charge >= 0.3 is 11.9 Å². The number of esters is 2. The monoisotopic (exact) mass is 427 g/mol. The van der Waals surface area contributed by atoms with E-state index in [1.807, 2.05) is 38.1 Å². The van der Waals surface area contributed by atoms with Crippen LogP contribution in [0.25, 0.3) is 0 Å². The number of ketones is 1. The molecule has 7 nitrogen and oxygen atoms in total. The number of para-hydroxylation sites is 1. The lowest BCUT2D eigenvalue weighted by molar-refractivity contribution is -0.151. The van der Waals surface area contributed by atoms with Crippen molar-refractivity contribution in [3.63, 3.8) is 0 Å². The summed E-state index contributed by atoms with van der Waals surface area (Å²) in [7, 11) is 1.28. The average molecular weight is 427 g/mol. The molecule has 0 unspecified atom stereocenters. The maximum absolute atomic E-state index is 13.6. The van der Waals surface area contributed by atoms with Gasteiger partial charge in [-0.1, -0.05) is 25.1 Å². The van der Waals surface area contributed by atoms with Gasteiger partial charge in [0.25, 0.3) is 0 Å². The fourth-order valence-corrected chi connectivity index (χ4v) is 4.48. The number of hydrogen-bond acceptors (Lipinski definition) is 7. The number of rotatable bonds is 6. The van der Waals surface area contributed by atoms with E-state index in [9.17, 15) is 14.4 Å². The standard InChI is InChI=1S/C24H29NO6/c1-6-30-17-11-9-8-10-15(17)20-19(24(28)31-7-2)14(4)25-16-12-13(3)18(23(27)29-5)22(26)21(16)20/h8-11,13,18,20,25H,6-7,12H2,1-5H3/t13-,18+,20+/m0/s1. The average Bonchev–Trinajstić information content (AvgIpc) is 2.73. The van der Waals surface area contributed by atoms with Gasteiger partial charge < -0.3 is 19.5 Å². The van der Waals surface area contributed by atoms with E-state index in [1.165, 1.54) is 7.11 Å². The van der Waals surface area contributed by atoms with Crippen LogP contribution in [0, 0.1) is 11.8 Å². The molecule has 0 saturated heterocycles. The van der Waals surface area contributed by atoms with E-state index >= 15 is 0 Å². The van der Waals surface area contributed by atoms with Crippen LogP contribution < -0.4 is 10.1 Å². The molecule has 0 radical (unpaired) electrons. The van der Waals surface area contributed by atoms with E-state index in [-0.39, 0.29) is 18.3 Å². The van der Waals surface area contributed by atoms with Crippen molar-refractivity contribution in [2.45, 2.75) is 40.0 Å². The Morgan fingerprint density at radius 3 is 2.52 bits per heavy atom. The minimum atomic E-state index is -0.922. The number of hydrogen-bond donors (Lipinski definition) is 1. The summed E-state index contributed by atoms with van der Waals surface area (Å²) in [5, 5.41) is 3.24. The molecule has 0 spiro atoms. The molecule has 0 aromatic heterocycles. The molecule has 1 aromatic carbocycles.